The van der Waals surface area contributed by atoms with Crippen LogP contribution in [0.2, 0.25) is 0 Å². The van der Waals surface area contributed by atoms with Gasteiger partial charge in [-0.15, -0.1) is 0 Å². The van der Waals surface area contributed by atoms with E-state index in [2.05, 4.69) is 179 Å². The molecule has 0 radical (unpaired) electrons. The van der Waals surface area contributed by atoms with E-state index in [-0.39, 0.29) is 16.7 Å². The highest BCUT2D eigenvalue weighted by molar-refractivity contribution is 6.02. The zero-order valence-electron chi connectivity index (χ0n) is 27.5. The summed E-state index contributed by atoms with van der Waals surface area (Å²) in [6.45, 7) is 9.55. The zero-order valence-corrected chi connectivity index (χ0v) is 27.5. The molecule has 0 bridgehead atoms. The van der Waals surface area contributed by atoms with E-state index in [0.29, 0.717) is 0 Å². The lowest BCUT2D eigenvalue weighted by Gasteiger charge is -2.26. The van der Waals surface area contributed by atoms with Gasteiger partial charge >= 0.3 is 0 Å². The largest absolute Gasteiger partial charge is 0.0622 e. The van der Waals surface area contributed by atoms with E-state index in [0.717, 1.165) is 0 Å². The molecule has 0 aliphatic heterocycles. The maximum atomic E-state index is 2.52. The maximum absolute atomic E-state index is 2.52. The molecule has 0 saturated heterocycles. The summed E-state index contributed by atoms with van der Waals surface area (Å²) in [6.07, 6.45) is 0. The van der Waals surface area contributed by atoms with Crippen LogP contribution in [0, 0.1) is 0 Å². The van der Waals surface area contributed by atoms with Crippen LogP contribution in [0.25, 0.3) is 44.2 Å². The minimum Gasteiger partial charge on any atom is -0.0622 e. The molecule has 7 aromatic rings. The first-order valence-electron chi connectivity index (χ1n) is 16.9. The van der Waals surface area contributed by atoms with Crippen LogP contribution >= 0.6 is 0 Å². The molecular weight excluding hydrogens is 565 g/mol. The molecule has 47 heavy (non-hydrogen) atoms. The summed E-state index contributed by atoms with van der Waals surface area (Å²) in [5.41, 5.74) is 17.5. The molecule has 0 N–H and O–H groups in total. The fourth-order valence-electron chi connectivity index (χ4n) is 8.68. The Bertz CT molecular complexity index is 2330. The number of fused-ring (bicyclic) bond motifs is 8. The van der Waals surface area contributed by atoms with Crippen molar-refractivity contribution in [2.24, 2.45) is 0 Å². The van der Waals surface area contributed by atoms with Crippen LogP contribution in [0.5, 0.6) is 0 Å². The van der Waals surface area contributed by atoms with E-state index in [1.165, 1.54) is 83.1 Å². The van der Waals surface area contributed by atoms with E-state index < -0.39 is 0 Å². The quantitative estimate of drug-likeness (QED) is 0.176. The van der Waals surface area contributed by atoms with E-state index in [4.69, 9.17) is 0 Å². The summed E-state index contributed by atoms with van der Waals surface area (Å²) >= 11 is 0. The van der Waals surface area contributed by atoms with E-state index in [9.17, 15) is 0 Å². The lowest BCUT2D eigenvalue weighted by Crippen LogP contribution is -2.17. The molecule has 0 fully saturated rings. The van der Waals surface area contributed by atoms with Crippen LogP contribution < -0.4 is 0 Å². The predicted molar refractivity (Wildman–Crippen MR) is 198 cm³/mol. The van der Waals surface area contributed by atoms with Crippen LogP contribution in [0.3, 0.4) is 0 Å². The summed E-state index contributed by atoms with van der Waals surface area (Å²) in [7, 11) is 0. The highest BCUT2D eigenvalue weighted by Crippen LogP contribution is 2.53. The molecule has 0 heterocycles. The normalized spacial score (nSPS) is 15.5. The molecule has 0 heteroatoms. The van der Waals surface area contributed by atoms with Gasteiger partial charge in [0.15, 0.2) is 0 Å². The minimum atomic E-state index is -0.0893. The van der Waals surface area contributed by atoms with Crippen LogP contribution in [0.1, 0.15) is 72.6 Å². The summed E-state index contributed by atoms with van der Waals surface area (Å²) in [6, 6.07) is 57.0. The lowest BCUT2D eigenvalue weighted by atomic mass is 9.77. The molecule has 9 rings (SSSR count). The first kappa shape index (κ1) is 28.1. The zero-order chi connectivity index (χ0) is 31.9. The summed E-state index contributed by atoms with van der Waals surface area (Å²) in [4.78, 5) is 0. The fourth-order valence-corrected chi connectivity index (χ4v) is 8.68. The Balaban J connectivity index is 1.23. The smallest absolute Gasteiger partial charge is 0.0340 e. The summed E-state index contributed by atoms with van der Waals surface area (Å²) in [5.74, 6) is 0.103. The molecular formula is C47H38. The van der Waals surface area contributed by atoms with Crippen molar-refractivity contribution in [2.45, 2.75) is 44.4 Å². The van der Waals surface area contributed by atoms with E-state index in [1.54, 1.807) is 0 Å². The van der Waals surface area contributed by atoms with Gasteiger partial charge < -0.3 is 0 Å². The molecule has 0 saturated carbocycles. The van der Waals surface area contributed by atoms with Crippen molar-refractivity contribution in [3.63, 3.8) is 0 Å². The average molecular weight is 603 g/mol. The Morgan fingerprint density at radius 2 is 0.936 bits per heavy atom. The van der Waals surface area contributed by atoms with Crippen LogP contribution in [-0.2, 0) is 10.8 Å². The van der Waals surface area contributed by atoms with Gasteiger partial charge in [-0.1, -0.05) is 179 Å². The lowest BCUT2D eigenvalue weighted by molar-refractivity contribution is 0.657. The molecule has 7 aromatic carbocycles. The van der Waals surface area contributed by atoms with E-state index in [1.807, 2.05) is 0 Å². The molecule has 2 aliphatic carbocycles. The number of hydrogen-bond donors (Lipinski definition) is 0. The first-order chi connectivity index (χ1) is 22.8. The topological polar surface area (TPSA) is 0 Å². The third kappa shape index (κ3) is 4.14. The van der Waals surface area contributed by atoms with Gasteiger partial charge in [0.05, 0.1) is 0 Å². The van der Waals surface area contributed by atoms with Gasteiger partial charge in [0.2, 0.25) is 0 Å². The Hall–Kier alpha value is -5.20. The number of rotatable bonds is 4. The second kappa shape index (κ2) is 10.1. The summed E-state index contributed by atoms with van der Waals surface area (Å²) in [5, 5.41) is 2.65. The third-order valence-electron chi connectivity index (χ3n) is 11.2. The van der Waals surface area contributed by atoms with Crippen molar-refractivity contribution in [2.75, 3.05) is 0 Å². The molecule has 0 nitrogen and oxygen atoms in total. The second-order valence-electron chi connectivity index (χ2n) is 14.5. The van der Waals surface area contributed by atoms with Gasteiger partial charge in [-0.3, -0.25) is 0 Å². The van der Waals surface area contributed by atoms with Crippen LogP contribution in [0.15, 0.2) is 152 Å². The molecule has 1 unspecified atom stereocenters. The molecule has 226 valence electrons. The monoisotopic (exact) mass is 602 g/mol. The number of benzene rings is 7. The predicted octanol–water partition coefficient (Wildman–Crippen LogP) is 12.3. The van der Waals surface area contributed by atoms with E-state index >= 15 is 0 Å². The fraction of sp³-hybridized carbons (Fsp3) is 0.149. The van der Waals surface area contributed by atoms with Crippen LogP contribution in [-0.4, -0.2) is 0 Å². The molecule has 0 aromatic heterocycles. The van der Waals surface area contributed by atoms with Gasteiger partial charge in [0, 0.05) is 16.7 Å². The Morgan fingerprint density at radius 1 is 0.383 bits per heavy atom. The molecule has 0 spiro atoms. The minimum absolute atomic E-state index is 0.0493. The van der Waals surface area contributed by atoms with Crippen molar-refractivity contribution in [3.05, 3.63) is 191 Å². The van der Waals surface area contributed by atoms with Gasteiger partial charge in [-0.05, 0) is 83.1 Å². The van der Waals surface area contributed by atoms with Crippen molar-refractivity contribution in [3.8, 4) is 33.4 Å². The average Bonchev–Trinajstić information content (AvgIpc) is 3.48. The Labute approximate surface area is 278 Å². The maximum Gasteiger partial charge on any atom is 0.0340 e. The van der Waals surface area contributed by atoms with Crippen molar-refractivity contribution < 1.29 is 0 Å². The highest BCUT2D eigenvalue weighted by Gasteiger charge is 2.38. The van der Waals surface area contributed by atoms with Crippen LogP contribution in [0.4, 0.5) is 0 Å². The van der Waals surface area contributed by atoms with Gasteiger partial charge in [-0.25, -0.2) is 0 Å². The second-order valence-corrected chi connectivity index (χ2v) is 14.5. The third-order valence-corrected chi connectivity index (χ3v) is 11.2. The summed E-state index contributed by atoms with van der Waals surface area (Å²) < 4.78 is 0. The Morgan fingerprint density at radius 3 is 1.70 bits per heavy atom. The van der Waals surface area contributed by atoms with Gasteiger partial charge in [0.1, 0.15) is 0 Å². The molecule has 2 aliphatic rings. The first-order valence-corrected chi connectivity index (χ1v) is 16.9. The van der Waals surface area contributed by atoms with Gasteiger partial charge in [-0.2, -0.15) is 0 Å². The molecule has 0 amide bonds. The van der Waals surface area contributed by atoms with Gasteiger partial charge in [0.25, 0.3) is 0 Å². The van der Waals surface area contributed by atoms with Crippen molar-refractivity contribution >= 4 is 10.8 Å². The SMILES string of the molecule is CC1(C)c2ccccc2-c2ccc(C(c3ccc(-c4ccccc4)cc3)c3ccc4c(c3)C(C)(C)c3ccc5ccccc5c3-4)cc21. The van der Waals surface area contributed by atoms with Crippen molar-refractivity contribution in [1.29, 1.82) is 0 Å². The molecule has 1 atom stereocenters. The Kier molecular flexibility index (Phi) is 6.06. The standard InChI is InChI=1S/C47H38/c1-46(2)40-17-11-10-16-37(40)38-25-22-34(28-42(38)46)44(33-20-18-31(19-21-33)30-12-6-5-7-13-30)35-23-26-39-43(29-35)47(3,4)41-27-24-32-14-8-9-15-36(32)45(39)41/h5-29,44H,1-4H3. The highest BCUT2D eigenvalue weighted by atomic mass is 14.4. The number of hydrogen-bond acceptors (Lipinski definition) is 0. The van der Waals surface area contributed by atoms with Crippen molar-refractivity contribution in [1.82, 2.24) is 0 Å².